The van der Waals surface area contributed by atoms with Gasteiger partial charge in [0.25, 0.3) is 0 Å². The van der Waals surface area contributed by atoms with Crippen LogP contribution in [0, 0.1) is 0 Å². The van der Waals surface area contributed by atoms with E-state index in [4.69, 9.17) is 14.2 Å². The fraction of sp³-hybridized carbons (Fsp3) is 0.571. The lowest BCUT2D eigenvalue weighted by molar-refractivity contribution is -0.341. The average molecular weight is 158 g/mol. The second-order valence-corrected chi connectivity index (χ2v) is 2.15. The Morgan fingerprint density at radius 3 is 2.55 bits per heavy atom. The van der Waals surface area contributed by atoms with Gasteiger partial charge in [-0.1, -0.05) is 0 Å². The van der Waals surface area contributed by atoms with Crippen molar-refractivity contribution in [2.45, 2.75) is 12.4 Å². The van der Waals surface area contributed by atoms with E-state index in [1.807, 2.05) is 0 Å². The summed E-state index contributed by atoms with van der Waals surface area (Å²) in [5.74, 6) is -1.27. The summed E-state index contributed by atoms with van der Waals surface area (Å²) in [7, 11) is 2.85. The zero-order valence-corrected chi connectivity index (χ0v) is 6.49. The van der Waals surface area contributed by atoms with Crippen molar-refractivity contribution in [2.75, 3.05) is 14.2 Å². The molecule has 1 rings (SSSR count). The molecule has 0 saturated carbocycles. The van der Waals surface area contributed by atoms with Crippen molar-refractivity contribution in [3.05, 3.63) is 12.3 Å². The molecule has 0 unspecified atom stereocenters. The Bertz CT molecular complexity index is 181. The van der Waals surface area contributed by atoms with Crippen molar-refractivity contribution in [3.8, 4) is 0 Å². The second kappa shape index (κ2) is 3.02. The first kappa shape index (κ1) is 8.23. The molecule has 0 N–H and O–H groups in total. The Morgan fingerprint density at radius 2 is 2.18 bits per heavy atom. The fourth-order valence-electron chi connectivity index (χ4n) is 0.851. The summed E-state index contributed by atoms with van der Waals surface area (Å²) in [6, 6.07) is 0. The van der Waals surface area contributed by atoms with E-state index in [1.165, 1.54) is 26.6 Å². The van der Waals surface area contributed by atoms with Gasteiger partial charge in [-0.25, -0.2) is 0 Å². The third-order valence-corrected chi connectivity index (χ3v) is 1.51. The van der Waals surface area contributed by atoms with Crippen molar-refractivity contribution < 1.29 is 19.0 Å². The van der Waals surface area contributed by atoms with Gasteiger partial charge in [0, 0.05) is 20.3 Å². The number of ether oxygens (including phenoxy) is 3. The van der Waals surface area contributed by atoms with Gasteiger partial charge in [0.05, 0.1) is 6.26 Å². The molecule has 4 heteroatoms. The molecule has 0 aromatic carbocycles. The lowest BCUT2D eigenvalue weighted by Crippen LogP contribution is -2.39. The summed E-state index contributed by atoms with van der Waals surface area (Å²) in [6.45, 7) is 0. The van der Waals surface area contributed by atoms with E-state index in [0.29, 0.717) is 0 Å². The molecule has 0 saturated heterocycles. The molecule has 1 aliphatic rings. The Morgan fingerprint density at radius 1 is 1.55 bits per heavy atom. The smallest absolute Gasteiger partial charge is 0.333 e. The van der Waals surface area contributed by atoms with Crippen molar-refractivity contribution in [1.29, 1.82) is 0 Å². The summed E-state index contributed by atoms with van der Waals surface area (Å²) in [5.41, 5.74) is 0. The Hall–Kier alpha value is -0.870. The van der Waals surface area contributed by atoms with Crippen LogP contribution in [0.2, 0.25) is 0 Å². The van der Waals surface area contributed by atoms with E-state index in [9.17, 15) is 4.79 Å². The molecule has 0 radical (unpaired) electrons. The largest absolute Gasteiger partial charge is 0.446 e. The normalized spacial score (nSPS) is 21.5. The van der Waals surface area contributed by atoms with Gasteiger partial charge in [-0.2, -0.15) is 0 Å². The topological polar surface area (TPSA) is 44.8 Å². The molecular formula is C7H10O4. The number of ketones is 1. The molecular weight excluding hydrogens is 148 g/mol. The number of carbonyl (C=O) groups is 1. The van der Waals surface area contributed by atoms with Crippen molar-refractivity contribution >= 4 is 5.78 Å². The lowest BCUT2D eigenvalue weighted by Gasteiger charge is -2.30. The zero-order chi connectivity index (χ0) is 8.32. The van der Waals surface area contributed by atoms with Crippen molar-refractivity contribution in [2.24, 2.45) is 0 Å². The van der Waals surface area contributed by atoms with Gasteiger partial charge >= 0.3 is 5.97 Å². The minimum atomic E-state index is -1.20. The lowest BCUT2D eigenvalue weighted by atomic mass is 10.2. The highest BCUT2D eigenvalue weighted by atomic mass is 16.9. The monoisotopic (exact) mass is 158 g/mol. The number of allylic oxidation sites excluding steroid dienone is 1. The number of carbonyl (C=O) groups excluding carboxylic acids is 1. The van der Waals surface area contributed by atoms with E-state index in [2.05, 4.69) is 0 Å². The summed E-state index contributed by atoms with van der Waals surface area (Å²) in [5, 5.41) is 0. The molecule has 0 atom stereocenters. The van der Waals surface area contributed by atoms with E-state index in [-0.39, 0.29) is 12.2 Å². The Balaban J connectivity index is 2.71. The van der Waals surface area contributed by atoms with Gasteiger partial charge < -0.3 is 14.2 Å². The van der Waals surface area contributed by atoms with Crippen molar-refractivity contribution in [3.63, 3.8) is 0 Å². The minimum Gasteiger partial charge on any atom is -0.446 e. The van der Waals surface area contributed by atoms with Crippen LogP contribution in [0.1, 0.15) is 6.42 Å². The third-order valence-electron chi connectivity index (χ3n) is 1.51. The first-order valence-electron chi connectivity index (χ1n) is 3.20. The number of rotatable bonds is 2. The molecule has 11 heavy (non-hydrogen) atoms. The SMILES string of the molecule is COC1(OC)CC(=O)C=CO1. The molecule has 0 bridgehead atoms. The van der Waals surface area contributed by atoms with Gasteiger partial charge in [0.15, 0.2) is 5.78 Å². The maximum Gasteiger partial charge on any atom is 0.333 e. The van der Waals surface area contributed by atoms with Crippen LogP contribution in [0.25, 0.3) is 0 Å². The van der Waals surface area contributed by atoms with Gasteiger partial charge in [0.1, 0.15) is 6.42 Å². The quantitative estimate of drug-likeness (QED) is 0.547. The van der Waals surface area contributed by atoms with E-state index in [0.717, 1.165) is 0 Å². The predicted molar refractivity (Wildman–Crippen MR) is 36.6 cm³/mol. The van der Waals surface area contributed by atoms with Crippen LogP contribution in [-0.4, -0.2) is 26.0 Å². The molecule has 0 spiro atoms. The summed E-state index contributed by atoms with van der Waals surface area (Å²) in [4.78, 5) is 10.9. The van der Waals surface area contributed by atoms with Crippen molar-refractivity contribution in [1.82, 2.24) is 0 Å². The first-order chi connectivity index (χ1) is 5.22. The van der Waals surface area contributed by atoms with Crippen LogP contribution < -0.4 is 0 Å². The van der Waals surface area contributed by atoms with Gasteiger partial charge in [-0.3, -0.25) is 4.79 Å². The van der Waals surface area contributed by atoms with E-state index < -0.39 is 5.97 Å². The summed E-state index contributed by atoms with van der Waals surface area (Å²) < 4.78 is 14.8. The fourth-order valence-corrected chi connectivity index (χ4v) is 0.851. The molecule has 0 fully saturated rings. The van der Waals surface area contributed by atoms with E-state index in [1.54, 1.807) is 0 Å². The maximum absolute atomic E-state index is 10.9. The highest BCUT2D eigenvalue weighted by molar-refractivity contribution is 5.90. The van der Waals surface area contributed by atoms with Gasteiger partial charge in [-0.15, -0.1) is 0 Å². The van der Waals surface area contributed by atoms with Crippen LogP contribution in [-0.2, 0) is 19.0 Å². The Kier molecular flexibility index (Phi) is 2.26. The van der Waals surface area contributed by atoms with Crippen LogP contribution in [0.5, 0.6) is 0 Å². The first-order valence-corrected chi connectivity index (χ1v) is 3.20. The molecule has 0 aromatic rings. The standard InChI is InChI=1S/C7H10O4/c1-9-7(10-2)5-6(8)3-4-11-7/h3-4H,5H2,1-2H3. The van der Waals surface area contributed by atoms with Crippen LogP contribution in [0.15, 0.2) is 12.3 Å². The highest BCUT2D eigenvalue weighted by Crippen LogP contribution is 2.22. The number of methoxy groups -OCH3 is 2. The van der Waals surface area contributed by atoms with E-state index >= 15 is 0 Å². The maximum atomic E-state index is 10.9. The number of hydrogen-bond acceptors (Lipinski definition) is 4. The van der Waals surface area contributed by atoms with Crippen LogP contribution in [0.3, 0.4) is 0 Å². The number of hydrogen-bond donors (Lipinski definition) is 0. The predicted octanol–water partition coefficient (Wildman–Crippen LogP) is 0.436. The zero-order valence-electron chi connectivity index (χ0n) is 6.49. The average Bonchev–Trinajstić information content (AvgIpc) is 2.04. The molecule has 0 aliphatic carbocycles. The molecule has 62 valence electrons. The molecule has 1 heterocycles. The highest BCUT2D eigenvalue weighted by Gasteiger charge is 2.35. The summed E-state index contributed by atoms with van der Waals surface area (Å²) in [6.07, 6.45) is 2.71. The van der Waals surface area contributed by atoms with Crippen LogP contribution >= 0.6 is 0 Å². The van der Waals surface area contributed by atoms with Gasteiger partial charge in [-0.05, 0) is 0 Å². The molecule has 4 nitrogen and oxygen atoms in total. The minimum absolute atomic E-state index is 0.0695. The second-order valence-electron chi connectivity index (χ2n) is 2.15. The third kappa shape index (κ3) is 1.58. The van der Waals surface area contributed by atoms with Gasteiger partial charge in [0.2, 0.25) is 0 Å². The van der Waals surface area contributed by atoms with Crippen LogP contribution in [0.4, 0.5) is 0 Å². The molecule has 1 aliphatic heterocycles. The molecule has 0 aromatic heterocycles. The molecule has 0 amide bonds. The summed E-state index contributed by atoms with van der Waals surface area (Å²) >= 11 is 0. The Labute approximate surface area is 64.7 Å².